The lowest BCUT2D eigenvalue weighted by Gasteiger charge is -2.25. The maximum absolute atomic E-state index is 12.9. The van der Waals surface area contributed by atoms with E-state index in [1.54, 1.807) is 31.2 Å². The van der Waals surface area contributed by atoms with Gasteiger partial charge in [0.1, 0.15) is 0 Å². The molecular formula is C20H27NO4S2. The molecule has 0 spiro atoms. The molecular weight excluding hydrogens is 382 g/mol. The second-order valence-corrected chi connectivity index (χ2v) is 11.3. The molecule has 0 fully saturated rings. The molecule has 2 rings (SSSR count). The first-order valence-corrected chi connectivity index (χ1v) is 12.1. The standard InChI is InChI=1S/C20H27NO4S2/c1-15(2)14-17-6-10-20(11-7-17)27(24,25)21(4)16(3)18-8-12-19(13-9-18)26(5,22)23/h6-13,15-16H,14H2,1-5H3. The molecule has 0 saturated carbocycles. The molecule has 0 amide bonds. The van der Waals surface area contributed by atoms with Crippen LogP contribution in [0.3, 0.4) is 0 Å². The Bertz CT molecular complexity index is 977. The summed E-state index contributed by atoms with van der Waals surface area (Å²) in [5.74, 6) is 0.505. The number of benzene rings is 2. The molecule has 0 N–H and O–H groups in total. The van der Waals surface area contributed by atoms with Crippen molar-refractivity contribution in [2.24, 2.45) is 5.92 Å². The van der Waals surface area contributed by atoms with Gasteiger partial charge in [0.05, 0.1) is 9.79 Å². The molecule has 0 aliphatic rings. The van der Waals surface area contributed by atoms with Crippen LogP contribution in [0.2, 0.25) is 0 Å². The predicted molar refractivity (Wildman–Crippen MR) is 108 cm³/mol. The highest BCUT2D eigenvalue weighted by molar-refractivity contribution is 7.90. The highest BCUT2D eigenvalue weighted by atomic mass is 32.2. The van der Waals surface area contributed by atoms with Gasteiger partial charge in [-0.25, -0.2) is 16.8 Å². The van der Waals surface area contributed by atoms with E-state index in [-0.39, 0.29) is 9.79 Å². The van der Waals surface area contributed by atoms with Crippen molar-refractivity contribution in [2.45, 2.75) is 43.0 Å². The van der Waals surface area contributed by atoms with Crippen molar-refractivity contribution < 1.29 is 16.8 Å². The van der Waals surface area contributed by atoms with Gasteiger partial charge < -0.3 is 0 Å². The molecule has 0 radical (unpaired) electrons. The van der Waals surface area contributed by atoms with Gasteiger partial charge in [0.25, 0.3) is 0 Å². The van der Waals surface area contributed by atoms with Crippen LogP contribution in [0.25, 0.3) is 0 Å². The van der Waals surface area contributed by atoms with E-state index in [9.17, 15) is 16.8 Å². The Morgan fingerprint density at radius 2 is 1.30 bits per heavy atom. The lowest BCUT2D eigenvalue weighted by molar-refractivity contribution is 0.398. The van der Waals surface area contributed by atoms with E-state index in [1.807, 2.05) is 12.1 Å². The Morgan fingerprint density at radius 3 is 1.74 bits per heavy atom. The summed E-state index contributed by atoms with van der Waals surface area (Å²) in [5.41, 5.74) is 1.83. The average Bonchev–Trinajstić information content (AvgIpc) is 2.59. The summed E-state index contributed by atoms with van der Waals surface area (Å²) in [7, 11) is -5.40. The fourth-order valence-electron chi connectivity index (χ4n) is 2.85. The third-order valence-corrected chi connectivity index (χ3v) is 7.65. The summed E-state index contributed by atoms with van der Waals surface area (Å²) < 4.78 is 50.3. The topological polar surface area (TPSA) is 71.5 Å². The molecule has 0 aromatic heterocycles. The fraction of sp³-hybridized carbons (Fsp3) is 0.400. The van der Waals surface area contributed by atoms with Crippen LogP contribution in [-0.2, 0) is 26.3 Å². The molecule has 0 aliphatic heterocycles. The van der Waals surface area contributed by atoms with Crippen LogP contribution >= 0.6 is 0 Å². The van der Waals surface area contributed by atoms with E-state index >= 15 is 0 Å². The first-order chi connectivity index (χ1) is 12.4. The SMILES string of the molecule is CC(C)Cc1ccc(S(=O)(=O)N(C)C(C)c2ccc(S(C)(=O)=O)cc2)cc1. The molecule has 1 unspecified atom stereocenters. The Hall–Kier alpha value is -1.70. The summed E-state index contributed by atoms with van der Waals surface area (Å²) in [6, 6.07) is 12.9. The van der Waals surface area contributed by atoms with Crippen molar-refractivity contribution in [1.29, 1.82) is 0 Å². The Kier molecular flexibility index (Phi) is 6.50. The van der Waals surface area contributed by atoms with Crippen molar-refractivity contribution in [2.75, 3.05) is 13.3 Å². The second kappa shape index (κ2) is 8.12. The Labute approximate surface area is 163 Å². The van der Waals surface area contributed by atoms with Crippen molar-refractivity contribution in [1.82, 2.24) is 4.31 Å². The molecule has 27 heavy (non-hydrogen) atoms. The predicted octanol–water partition coefficient (Wildman–Crippen LogP) is 3.67. The quantitative estimate of drug-likeness (QED) is 0.699. The van der Waals surface area contributed by atoms with Crippen LogP contribution in [0.1, 0.15) is 37.9 Å². The number of sulfone groups is 1. The van der Waals surface area contributed by atoms with Crippen molar-refractivity contribution >= 4 is 19.9 Å². The normalized spacial score (nSPS) is 13.9. The Morgan fingerprint density at radius 1 is 0.815 bits per heavy atom. The summed E-state index contributed by atoms with van der Waals surface area (Å²) in [6.07, 6.45) is 2.05. The third kappa shape index (κ3) is 5.18. The third-order valence-electron chi connectivity index (χ3n) is 4.58. The van der Waals surface area contributed by atoms with Crippen LogP contribution < -0.4 is 0 Å². The van der Waals surface area contributed by atoms with Gasteiger partial charge in [0.15, 0.2) is 9.84 Å². The summed E-state index contributed by atoms with van der Waals surface area (Å²) >= 11 is 0. The minimum absolute atomic E-state index is 0.213. The number of hydrogen-bond acceptors (Lipinski definition) is 4. The van der Waals surface area contributed by atoms with Gasteiger partial charge in [-0.3, -0.25) is 0 Å². The zero-order valence-corrected chi connectivity index (χ0v) is 18.0. The summed E-state index contributed by atoms with van der Waals surface area (Å²) in [6.45, 7) is 6.02. The number of nitrogens with zero attached hydrogens (tertiary/aromatic N) is 1. The van der Waals surface area contributed by atoms with Gasteiger partial charge in [-0.15, -0.1) is 0 Å². The van der Waals surface area contributed by atoms with Crippen molar-refractivity contribution in [3.8, 4) is 0 Å². The molecule has 148 valence electrons. The van der Waals surface area contributed by atoms with Gasteiger partial charge >= 0.3 is 0 Å². The van der Waals surface area contributed by atoms with Crippen molar-refractivity contribution in [3.63, 3.8) is 0 Å². The molecule has 0 heterocycles. The largest absolute Gasteiger partial charge is 0.243 e. The maximum atomic E-state index is 12.9. The summed E-state index contributed by atoms with van der Waals surface area (Å²) in [5, 5.41) is 0. The highest BCUT2D eigenvalue weighted by Gasteiger charge is 2.26. The van der Waals surface area contributed by atoms with Gasteiger partial charge in [-0.2, -0.15) is 4.31 Å². The second-order valence-electron chi connectivity index (χ2n) is 7.28. The summed E-state index contributed by atoms with van der Waals surface area (Å²) in [4.78, 5) is 0.460. The average molecular weight is 410 g/mol. The van der Waals surface area contributed by atoms with E-state index in [4.69, 9.17) is 0 Å². The highest BCUT2D eigenvalue weighted by Crippen LogP contribution is 2.27. The van der Waals surface area contributed by atoms with Crippen LogP contribution in [-0.4, -0.2) is 34.4 Å². The van der Waals surface area contributed by atoms with Crippen LogP contribution in [0, 0.1) is 5.92 Å². The maximum Gasteiger partial charge on any atom is 0.243 e. The van der Waals surface area contributed by atoms with E-state index in [0.29, 0.717) is 5.92 Å². The number of rotatable bonds is 7. The van der Waals surface area contributed by atoms with Crippen molar-refractivity contribution in [3.05, 3.63) is 59.7 Å². The first kappa shape index (κ1) is 21.6. The minimum Gasteiger partial charge on any atom is -0.224 e. The zero-order valence-electron chi connectivity index (χ0n) is 16.4. The zero-order chi connectivity index (χ0) is 20.4. The van der Waals surface area contributed by atoms with Gasteiger partial charge in [-0.1, -0.05) is 38.1 Å². The van der Waals surface area contributed by atoms with Gasteiger partial charge in [-0.05, 0) is 54.7 Å². The van der Waals surface area contributed by atoms with Crippen LogP contribution in [0.15, 0.2) is 58.3 Å². The Balaban J connectivity index is 2.25. The molecule has 7 heteroatoms. The van der Waals surface area contributed by atoms with E-state index < -0.39 is 25.9 Å². The number of sulfonamides is 1. The smallest absolute Gasteiger partial charge is 0.224 e. The molecule has 0 aliphatic carbocycles. The molecule has 5 nitrogen and oxygen atoms in total. The molecule has 2 aromatic rings. The van der Waals surface area contributed by atoms with Gasteiger partial charge in [0, 0.05) is 19.3 Å². The lowest BCUT2D eigenvalue weighted by atomic mass is 10.0. The van der Waals surface area contributed by atoms with E-state index in [2.05, 4.69) is 13.8 Å². The van der Waals surface area contributed by atoms with Crippen LogP contribution in [0.4, 0.5) is 0 Å². The number of hydrogen-bond donors (Lipinski definition) is 0. The van der Waals surface area contributed by atoms with Gasteiger partial charge in [0.2, 0.25) is 10.0 Å². The van der Waals surface area contributed by atoms with E-state index in [0.717, 1.165) is 23.8 Å². The minimum atomic E-state index is -3.66. The van der Waals surface area contributed by atoms with Crippen LogP contribution in [0.5, 0.6) is 0 Å². The molecule has 2 aromatic carbocycles. The van der Waals surface area contributed by atoms with E-state index in [1.165, 1.54) is 23.5 Å². The molecule has 0 bridgehead atoms. The molecule has 1 atom stereocenters. The lowest BCUT2D eigenvalue weighted by Crippen LogP contribution is -2.29. The first-order valence-electron chi connectivity index (χ1n) is 8.80. The fourth-order valence-corrected chi connectivity index (χ4v) is 4.83. The molecule has 0 saturated heterocycles. The monoisotopic (exact) mass is 409 g/mol.